The zero-order valence-corrected chi connectivity index (χ0v) is 18.3. The van der Waals surface area contributed by atoms with Gasteiger partial charge < -0.3 is 5.11 Å². The lowest BCUT2D eigenvalue weighted by Crippen LogP contribution is -2.26. The van der Waals surface area contributed by atoms with Crippen molar-refractivity contribution in [2.45, 2.75) is 23.1 Å². The molecule has 0 aliphatic rings. The fourth-order valence-electron chi connectivity index (χ4n) is 2.67. The third kappa shape index (κ3) is 5.24. The Balaban J connectivity index is 0.00000320. The summed E-state index contributed by atoms with van der Waals surface area (Å²) in [4.78, 5) is 15.9. The van der Waals surface area contributed by atoms with Gasteiger partial charge in [0, 0.05) is 24.7 Å². The Hall–Kier alpha value is -2.20. The fraction of sp³-hybridized carbons (Fsp3) is 0.200. The molecule has 0 unspecified atom stereocenters. The minimum atomic E-state index is -3.79. The van der Waals surface area contributed by atoms with Crippen molar-refractivity contribution in [2.75, 3.05) is 12.3 Å². The molecule has 0 atom stereocenters. The van der Waals surface area contributed by atoms with E-state index in [9.17, 15) is 18.3 Å². The Labute approximate surface area is 179 Å². The number of hydrogen-bond donors (Lipinski definition) is 2. The fourth-order valence-corrected chi connectivity index (χ4v) is 5.70. The topological polar surface area (TPSA) is 96.4 Å². The number of carboxylic acids is 1. The zero-order valence-electron chi connectivity index (χ0n) is 15.9. The number of carbonyl (C=O) groups is 1. The maximum Gasteiger partial charge on any atom is 0.336 e. The predicted molar refractivity (Wildman–Crippen MR) is 118 cm³/mol. The second-order valence-electron chi connectivity index (χ2n) is 6.33. The van der Waals surface area contributed by atoms with Crippen LogP contribution in [0.1, 0.15) is 22.9 Å². The molecule has 6 nitrogen and oxygen atoms in total. The molecule has 2 N–H and O–H groups in total. The highest BCUT2D eigenvalue weighted by Gasteiger charge is 2.19. The molecule has 1 aromatic heterocycles. The van der Waals surface area contributed by atoms with E-state index in [1.807, 2.05) is 35.7 Å². The molecule has 0 radical (unpaired) electrons. The number of nitrogens with one attached hydrogen (secondary N) is 1. The first kappa shape index (κ1) is 21.5. The second kappa shape index (κ2) is 9.08. The summed E-state index contributed by atoms with van der Waals surface area (Å²) in [7, 11) is -3.79. The number of aromatic nitrogens is 1. The third-order valence-corrected chi connectivity index (χ3v) is 7.82. The van der Waals surface area contributed by atoms with E-state index < -0.39 is 16.0 Å². The molecule has 9 heteroatoms. The number of aromatic carboxylic acids is 1. The summed E-state index contributed by atoms with van der Waals surface area (Å²) in [5, 5.41) is 11.3. The Morgan fingerprint density at radius 3 is 2.66 bits per heavy atom. The van der Waals surface area contributed by atoms with Crippen LogP contribution in [0.25, 0.3) is 11.3 Å². The van der Waals surface area contributed by atoms with Gasteiger partial charge in [0.2, 0.25) is 10.0 Å². The minimum absolute atomic E-state index is 0. The first-order chi connectivity index (χ1) is 13.8. The number of hydrogen-bond acceptors (Lipinski definition) is 6. The number of thiazole rings is 1. The van der Waals surface area contributed by atoms with Gasteiger partial charge in [0.1, 0.15) is 0 Å². The molecule has 0 fully saturated rings. The number of nitrogens with zero attached hydrogens (tertiary/aromatic N) is 1. The molecule has 0 spiro atoms. The van der Waals surface area contributed by atoms with Gasteiger partial charge in [-0.2, -0.15) is 0 Å². The van der Waals surface area contributed by atoms with E-state index in [0.717, 1.165) is 15.6 Å². The van der Waals surface area contributed by atoms with Crippen LogP contribution >= 0.6 is 23.1 Å². The average molecular weight is 451 g/mol. The van der Waals surface area contributed by atoms with Crippen molar-refractivity contribution < 1.29 is 19.7 Å². The van der Waals surface area contributed by atoms with Crippen LogP contribution in [0.5, 0.6) is 0 Å². The van der Waals surface area contributed by atoms with Gasteiger partial charge in [-0.3, -0.25) is 0 Å². The summed E-state index contributed by atoms with van der Waals surface area (Å²) >= 11 is 2.99. The minimum Gasteiger partial charge on any atom is -0.478 e. The largest absolute Gasteiger partial charge is 0.478 e. The van der Waals surface area contributed by atoms with Crippen molar-refractivity contribution in [3.05, 3.63) is 64.5 Å². The lowest BCUT2D eigenvalue weighted by molar-refractivity contribution is 0.0695. The first-order valence-electron chi connectivity index (χ1n) is 8.76. The molecule has 0 bridgehead atoms. The molecule has 29 heavy (non-hydrogen) atoms. The van der Waals surface area contributed by atoms with Crippen molar-refractivity contribution in [3.63, 3.8) is 0 Å². The standard InChI is InChI=1S/C20H20N2O4S3.H2/c1-13-10-16(11-17(14(13)2)19(23)24)29(25,26)21-8-9-27-20-22-18(12-28-20)15-6-4-3-5-7-15;/h3-7,10-12,21H,8-9H2,1-2H3,(H,23,24);1H. The van der Waals surface area contributed by atoms with Crippen molar-refractivity contribution in [3.8, 4) is 11.3 Å². The van der Waals surface area contributed by atoms with Gasteiger partial charge in [0.15, 0.2) is 4.34 Å². The van der Waals surface area contributed by atoms with Gasteiger partial charge in [-0.15, -0.1) is 11.3 Å². The maximum atomic E-state index is 12.5. The molecule has 0 aliphatic heterocycles. The number of aryl methyl sites for hydroxylation is 1. The number of rotatable bonds is 8. The van der Waals surface area contributed by atoms with Crippen molar-refractivity contribution in [2.24, 2.45) is 0 Å². The number of thioether (sulfide) groups is 1. The van der Waals surface area contributed by atoms with Crippen molar-refractivity contribution in [1.82, 2.24) is 9.71 Å². The van der Waals surface area contributed by atoms with Gasteiger partial charge in [-0.25, -0.2) is 22.9 Å². The van der Waals surface area contributed by atoms with E-state index >= 15 is 0 Å². The third-order valence-electron chi connectivity index (χ3n) is 4.35. The Kier molecular flexibility index (Phi) is 6.74. The highest BCUT2D eigenvalue weighted by atomic mass is 32.2. The van der Waals surface area contributed by atoms with Gasteiger partial charge in [0.25, 0.3) is 0 Å². The summed E-state index contributed by atoms with van der Waals surface area (Å²) in [6.07, 6.45) is 0. The monoisotopic (exact) mass is 450 g/mol. The highest BCUT2D eigenvalue weighted by molar-refractivity contribution is 8.01. The SMILES string of the molecule is Cc1cc(S(=O)(=O)NCCSc2nc(-c3ccccc3)cs2)cc(C(=O)O)c1C.[HH]. The average Bonchev–Trinajstić information content (AvgIpc) is 3.16. The number of sulfonamides is 1. The van der Waals surface area contributed by atoms with Crippen LogP contribution in [0, 0.1) is 13.8 Å². The van der Waals surface area contributed by atoms with E-state index in [1.165, 1.54) is 35.2 Å². The van der Waals surface area contributed by atoms with Crippen LogP contribution in [0.3, 0.4) is 0 Å². The van der Waals surface area contributed by atoms with E-state index in [1.54, 1.807) is 13.8 Å². The predicted octanol–water partition coefficient (Wildman–Crippen LogP) is 4.44. The van der Waals surface area contributed by atoms with E-state index in [0.29, 0.717) is 16.9 Å². The van der Waals surface area contributed by atoms with Crippen molar-refractivity contribution >= 4 is 39.1 Å². The Morgan fingerprint density at radius 1 is 1.24 bits per heavy atom. The van der Waals surface area contributed by atoms with Crippen molar-refractivity contribution in [1.29, 1.82) is 0 Å². The van der Waals surface area contributed by atoms with Crippen LogP contribution in [-0.4, -0.2) is 36.8 Å². The maximum absolute atomic E-state index is 12.5. The second-order valence-corrected chi connectivity index (χ2v) is 10.3. The van der Waals surface area contributed by atoms with Gasteiger partial charge >= 0.3 is 5.97 Å². The van der Waals surface area contributed by atoms with E-state index in [2.05, 4.69) is 9.71 Å². The smallest absolute Gasteiger partial charge is 0.336 e. The Morgan fingerprint density at radius 2 is 1.97 bits per heavy atom. The van der Waals surface area contributed by atoms with Crippen LogP contribution in [0.4, 0.5) is 0 Å². The molecule has 2 aromatic carbocycles. The molecule has 154 valence electrons. The first-order valence-corrected chi connectivity index (χ1v) is 12.1. The molecule has 3 aromatic rings. The Bertz CT molecular complexity index is 1130. The lowest BCUT2D eigenvalue weighted by Gasteiger charge is -2.11. The van der Waals surface area contributed by atoms with E-state index in [4.69, 9.17) is 0 Å². The number of carboxylic acid groups (broad SMARTS) is 1. The van der Waals surface area contributed by atoms with Crippen LogP contribution < -0.4 is 4.72 Å². The highest BCUT2D eigenvalue weighted by Crippen LogP contribution is 2.28. The summed E-state index contributed by atoms with van der Waals surface area (Å²) < 4.78 is 28.5. The summed E-state index contributed by atoms with van der Waals surface area (Å²) in [6, 6.07) is 12.5. The lowest BCUT2D eigenvalue weighted by atomic mass is 10.0. The molecular weight excluding hydrogens is 428 g/mol. The molecular formula is C20H22N2O4S3. The van der Waals surface area contributed by atoms with Gasteiger partial charge in [0.05, 0.1) is 16.2 Å². The summed E-state index contributed by atoms with van der Waals surface area (Å²) in [5.74, 6) is -0.631. The molecule has 0 saturated heterocycles. The summed E-state index contributed by atoms with van der Waals surface area (Å²) in [6.45, 7) is 3.57. The van der Waals surface area contributed by atoms with E-state index in [-0.39, 0.29) is 18.4 Å². The van der Waals surface area contributed by atoms with Crippen LogP contribution in [0.15, 0.2) is 57.1 Å². The number of benzene rings is 2. The van der Waals surface area contributed by atoms with Gasteiger partial charge in [-0.1, -0.05) is 42.1 Å². The molecule has 3 rings (SSSR count). The quantitative estimate of drug-likeness (QED) is 0.389. The molecule has 0 aliphatic carbocycles. The van der Waals surface area contributed by atoms with Crippen LogP contribution in [-0.2, 0) is 10.0 Å². The molecule has 1 heterocycles. The zero-order chi connectivity index (χ0) is 21.0. The molecule has 0 saturated carbocycles. The summed E-state index contributed by atoms with van der Waals surface area (Å²) in [5.41, 5.74) is 3.12. The molecule has 0 amide bonds. The van der Waals surface area contributed by atoms with Crippen LogP contribution in [0.2, 0.25) is 0 Å². The normalized spacial score (nSPS) is 11.5. The van der Waals surface area contributed by atoms with Gasteiger partial charge in [-0.05, 0) is 37.1 Å².